The Bertz CT molecular complexity index is 1100. The predicted octanol–water partition coefficient (Wildman–Crippen LogP) is 3.62. The van der Waals surface area contributed by atoms with Gasteiger partial charge in [0, 0.05) is 6.54 Å². The zero-order valence-corrected chi connectivity index (χ0v) is 17.2. The van der Waals surface area contributed by atoms with Crippen molar-refractivity contribution in [3.63, 3.8) is 0 Å². The van der Waals surface area contributed by atoms with Crippen LogP contribution in [0.15, 0.2) is 72.8 Å². The fraction of sp³-hybridized carbons (Fsp3) is 0.167. The topological polar surface area (TPSA) is 112 Å². The van der Waals surface area contributed by atoms with Crippen LogP contribution in [-0.2, 0) is 11.3 Å². The Kier molecular flexibility index (Phi) is 6.41. The molecule has 32 heavy (non-hydrogen) atoms. The molecule has 0 fully saturated rings. The molecular formula is C24H23N3O5. The van der Waals surface area contributed by atoms with Gasteiger partial charge in [0.15, 0.2) is 11.5 Å². The summed E-state index contributed by atoms with van der Waals surface area (Å²) in [5.41, 5.74) is 6.93. The Morgan fingerprint density at radius 2 is 1.72 bits per heavy atom. The summed E-state index contributed by atoms with van der Waals surface area (Å²) in [6.07, 6.45) is 0.0162. The molecule has 3 aromatic rings. The molecule has 1 aliphatic heterocycles. The number of benzene rings is 3. The van der Waals surface area contributed by atoms with E-state index in [1.54, 1.807) is 24.3 Å². The van der Waals surface area contributed by atoms with E-state index in [-0.39, 0.29) is 19.1 Å². The number of hydrogen-bond acceptors (Lipinski definition) is 5. The first-order valence-corrected chi connectivity index (χ1v) is 10.1. The maximum atomic E-state index is 12.6. The molecule has 1 atom stereocenters. The molecule has 0 spiro atoms. The first kappa shape index (κ1) is 21.0. The van der Waals surface area contributed by atoms with Crippen LogP contribution in [-0.4, -0.2) is 18.7 Å². The van der Waals surface area contributed by atoms with Crippen molar-refractivity contribution < 1.29 is 23.8 Å². The van der Waals surface area contributed by atoms with E-state index in [1.165, 1.54) is 0 Å². The Morgan fingerprint density at radius 3 is 2.53 bits per heavy atom. The van der Waals surface area contributed by atoms with Crippen molar-refractivity contribution in [3.05, 3.63) is 83.9 Å². The number of nitrogens with two attached hydrogens (primary N) is 1. The van der Waals surface area contributed by atoms with Crippen LogP contribution in [0.3, 0.4) is 0 Å². The van der Waals surface area contributed by atoms with Gasteiger partial charge in [-0.05, 0) is 47.5 Å². The summed E-state index contributed by atoms with van der Waals surface area (Å²) < 4.78 is 16.5. The van der Waals surface area contributed by atoms with Crippen LogP contribution in [0.5, 0.6) is 23.0 Å². The second-order valence-corrected chi connectivity index (χ2v) is 7.22. The monoisotopic (exact) mass is 433 g/mol. The highest BCUT2D eigenvalue weighted by molar-refractivity contribution is 5.78. The van der Waals surface area contributed by atoms with Crippen molar-refractivity contribution in [2.45, 2.75) is 19.0 Å². The SMILES string of the molecule is NC(=O)N[C@H](CC(=O)NCc1ccc2c(c1)OCO2)c1cccc(Oc2ccccc2)c1. The fourth-order valence-corrected chi connectivity index (χ4v) is 3.35. The van der Waals surface area contributed by atoms with Crippen LogP contribution < -0.4 is 30.6 Å². The Balaban J connectivity index is 1.41. The van der Waals surface area contributed by atoms with Gasteiger partial charge in [-0.2, -0.15) is 0 Å². The van der Waals surface area contributed by atoms with E-state index in [1.807, 2.05) is 48.5 Å². The summed E-state index contributed by atoms with van der Waals surface area (Å²) in [5, 5.41) is 5.50. The minimum Gasteiger partial charge on any atom is -0.457 e. The van der Waals surface area contributed by atoms with Gasteiger partial charge in [-0.1, -0.05) is 36.4 Å². The third-order valence-electron chi connectivity index (χ3n) is 4.87. The number of fused-ring (bicyclic) bond motifs is 1. The van der Waals surface area contributed by atoms with E-state index >= 15 is 0 Å². The standard InChI is InChI=1S/C24H23N3O5/c25-24(29)27-20(17-5-4-8-19(12-17)32-18-6-2-1-3-7-18)13-23(28)26-14-16-9-10-21-22(11-16)31-15-30-21/h1-12,20H,13-15H2,(H,26,28)(H3,25,27,29)/t20-/m1/s1. The Hall–Kier alpha value is -4.20. The number of ether oxygens (including phenoxy) is 3. The molecule has 0 radical (unpaired) electrons. The Labute approximate surface area is 185 Å². The summed E-state index contributed by atoms with van der Waals surface area (Å²) >= 11 is 0. The molecule has 4 rings (SSSR count). The second kappa shape index (κ2) is 9.74. The highest BCUT2D eigenvalue weighted by Gasteiger charge is 2.19. The Morgan fingerprint density at radius 1 is 0.938 bits per heavy atom. The first-order valence-electron chi connectivity index (χ1n) is 10.1. The van der Waals surface area contributed by atoms with E-state index in [2.05, 4.69) is 10.6 Å². The van der Waals surface area contributed by atoms with E-state index in [9.17, 15) is 9.59 Å². The number of carbonyl (C=O) groups is 2. The first-order chi connectivity index (χ1) is 15.6. The van der Waals surface area contributed by atoms with Crippen LogP contribution in [0.2, 0.25) is 0 Å². The molecule has 8 heteroatoms. The molecule has 0 aromatic heterocycles. The van der Waals surface area contributed by atoms with Crippen LogP contribution in [0.1, 0.15) is 23.6 Å². The lowest BCUT2D eigenvalue weighted by molar-refractivity contribution is -0.121. The average molecular weight is 433 g/mol. The lowest BCUT2D eigenvalue weighted by Gasteiger charge is -2.19. The summed E-state index contributed by atoms with van der Waals surface area (Å²) in [4.78, 5) is 24.2. The van der Waals surface area contributed by atoms with Crippen molar-refractivity contribution in [1.29, 1.82) is 0 Å². The summed E-state index contributed by atoms with van der Waals surface area (Å²) in [7, 11) is 0. The van der Waals surface area contributed by atoms with Gasteiger partial charge in [-0.15, -0.1) is 0 Å². The number of hydrogen-bond donors (Lipinski definition) is 3. The van der Waals surface area contributed by atoms with E-state index < -0.39 is 12.1 Å². The summed E-state index contributed by atoms with van der Waals surface area (Å²) in [6, 6.07) is 20.7. The van der Waals surface area contributed by atoms with Crippen molar-refractivity contribution >= 4 is 11.9 Å². The molecule has 0 unspecified atom stereocenters. The van der Waals surface area contributed by atoms with Gasteiger partial charge >= 0.3 is 6.03 Å². The van der Waals surface area contributed by atoms with Crippen LogP contribution >= 0.6 is 0 Å². The van der Waals surface area contributed by atoms with Gasteiger partial charge in [0.1, 0.15) is 11.5 Å². The largest absolute Gasteiger partial charge is 0.457 e. The second-order valence-electron chi connectivity index (χ2n) is 7.22. The molecular weight excluding hydrogens is 410 g/mol. The zero-order valence-electron chi connectivity index (χ0n) is 17.2. The van der Waals surface area contributed by atoms with Gasteiger partial charge in [0.2, 0.25) is 12.7 Å². The minimum absolute atomic E-state index is 0.0162. The maximum absolute atomic E-state index is 12.6. The summed E-state index contributed by atoms with van der Waals surface area (Å²) in [5.74, 6) is 2.37. The molecule has 3 amide bonds. The number of primary amides is 1. The van der Waals surface area contributed by atoms with Gasteiger partial charge in [-0.25, -0.2) is 4.79 Å². The van der Waals surface area contributed by atoms with E-state index in [0.717, 1.165) is 5.56 Å². The molecule has 4 N–H and O–H groups in total. The molecule has 8 nitrogen and oxygen atoms in total. The third-order valence-corrected chi connectivity index (χ3v) is 4.87. The number of carbonyl (C=O) groups excluding carboxylic acids is 2. The predicted molar refractivity (Wildman–Crippen MR) is 117 cm³/mol. The molecule has 0 aliphatic carbocycles. The van der Waals surface area contributed by atoms with Gasteiger partial charge < -0.3 is 30.6 Å². The lowest BCUT2D eigenvalue weighted by Crippen LogP contribution is -2.36. The minimum atomic E-state index is -0.715. The lowest BCUT2D eigenvalue weighted by atomic mass is 10.0. The molecule has 0 saturated carbocycles. The molecule has 3 aromatic carbocycles. The normalized spacial score (nSPS) is 12.6. The molecule has 0 bridgehead atoms. The number of amides is 3. The smallest absolute Gasteiger partial charge is 0.312 e. The highest BCUT2D eigenvalue weighted by atomic mass is 16.7. The quantitative estimate of drug-likeness (QED) is 0.502. The van der Waals surface area contributed by atoms with Crippen LogP contribution in [0.25, 0.3) is 0 Å². The fourth-order valence-electron chi connectivity index (χ4n) is 3.35. The third kappa shape index (κ3) is 5.48. The molecule has 164 valence electrons. The van der Waals surface area contributed by atoms with Crippen molar-refractivity contribution in [1.82, 2.24) is 10.6 Å². The van der Waals surface area contributed by atoms with Crippen molar-refractivity contribution in [3.8, 4) is 23.0 Å². The number of nitrogens with one attached hydrogen (secondary N) is 2. The van der Waals surface area contributed by atoms with Gasteiger partial charge in [0.25, 0.3) is 0 Å². The molecule has 1 aliphatic rings. The molecule has 1 heterocycles. The average Bonchev–Trinajstić information content (AvgIpc) is 3.26. The van der Waals surface area contributed by atoms with E-state index in [4.69, 9.17) is 19.9 Å². The number of rotatable bonds is 8. The van der Waals surface area contributed by atoms with Gasteiger partial charge in [0.05, 0.1) is 12.5 Å². The van der Waals surface area contributed by atoms with Crippen LogP contribution in [0.4, 0.5) is 4.79 Å². The van der Waals surface area contributed by atoms with Crippen molar-refractivity contribution in [2.24, 2.45) is 5.73 Å². The van der Waals surface area contributed by atoms with Crippen molar-refractivity contribution in [2.75, 3.05) is 6.79 Å². The number of urea groups is 1. The van der Waals surface area contributed by atoms with Crippen LogP contribution in [0, 0.1) is 0 Å². The van der Waals surface area contributed by atoms with E-state index in [0.29, 0.717) is 35.1 Å². The zero-order chi connectivity index (χ0) is 22.3. The highest BCUT2D eigenvalue weighted by Crippen LogP contribution is 2.32. The van der Waals surface area contributed by atoms with Gasteiger partial charge in [-0.3, -0.25) is 4.79 Å². The summed E-state index contributed by atoms with van der Waals surface area (Å²) in [6.45, 7) is 0.509. The molecule has 0 saturated heterocycles. The number of para-hydroxylation sites is 1. The maximum Gasteiger partial charge on any atom is 0.312 e.